The van der Waals surface area contributed by atoms with Crippen molar-refractivity contribution in [2.24, 2.45) is 5.73 Å². The molecule has 1 unspecified atom stereocenters. The van der Waals surface area contributed by atoms with Gasteiger partial charge in [-0.15, -0.1) is 0 Å². The molecule has 7 heteroatoms. The quantitative estimate of drug-likeness (QED) is 0.724. The van der Waals surface area contributed by atoms with Crippen molar-refractivity contribution in [3.63, 3.8) is 0 Å². The molecule has 1 fully saturated rings. The first-order valence-electron chi connectivity index (χ1n) is 6.59. The van der Waals surface area contributed by atoms with Crippen LogP contribution in [0.1, 0.15) is 19.3 Å². The van der Waals surface area contributed by atoms with E-state index in [1.807, 2.05) is 0 Å². The normalized spacial score (nSPS) is 20.2. The Morgan fingerprint density at radius 2 is 1.95 bits per heavy atom. The molecule has 6 nitrogen and oxygen atoms in total. The first-order chi connectivity index (χ1) is 8.70. The van der Waals surface area contributed by atoms with E-state index in [9.17, 15) is 13.2 Å². The Hall–Kier alpha value is -0.660. The Morgan fingerprint density at radius 3 is 2.42 bits per heavy atom. The summed E-state index contributed by atoms with van der Waals surface area (Å²) in [6.07, 6.45) is 3.23. The van der Waals surface area contributed by atoms with Crippen LogP contribution in [0.4, 0.5) is 0 Å². The van der Waals surface area contributed by atoms with Crippen LogP contribution in [-0.4, -0.2) is 75.4 Å². The molecule has 1 aliphatic heterocycles. The maximum atomic E-state index is 12.1. The van der Waals surface area contributed by atoms with Crippen LogP contribution < -0.4 is 5.73 Å². The van der Waals surface area contributed by atoms with Gasteiger partial charge in [-0.05, 0) is 39.4 Å². The van der Waals surface area contributed by atoms with Gasteiger partial charge in [0.05, 0.1) is 11.8 Å². The van der Waals surface area contributed by atoms with Crippen molar-refractivity contribution >= 4 is 15.7 Å². The zero-order valence-corrected chi connectivity index (χ0v) is 12.8. The highest BCUT2D eigenvalue weighted by molar-refractivity contribution is 7.90. The Balaban J connectivity index is 2.47. The Labute approximate surface area is 115 Å². The third-order valence-electron chi connectivity index (χ3n) is 3.70. The molecule has 112 valence electrons. The SMILES string of the molecule is CN1CCC(N(C)C(=O)C(N)CCS(C)(=O)=O)CC1. The van der Waals surface area contributed by atoms with E-state index in [1.54, 1.807) is 11.9 Å². The monoisotopic (exact) mass is 291 g/mol. The summed E-state index contributed by atoms with van der Waals surface area (Å²) in [6, 6.07) is -0.507. The summed E-state index contributed by atoms with van der Waals surface area (Å²) in [5.74, 6) is -0.195. The lowest BCUT2D eigenvalue weighted by Gasteiger charge is -2.36. The molecule has 1 heterocycles. The smallest absolute Gasteiger partial charge is 0.239 e. The minimum absolute atomic E-state index is 0.0405. The molecule has 1 rings (SSSR count). The number of nitrogens with two attached hydrogens (primary N) is 1. The second kappa shape index (κ2) is 6.67. The largest absolute Gasteiger partial charge is 0.341 e. The minimum Gasteiger partial charge on any atom is -0.341 e. The molecule has 0 aliphatic carbocycles. The second-order valence-electron chi connectivity index (χ2n) is 5.51. The number of likely N-dealkylation sites (N-methyl/N-ethyl adjacent to an activating group) is 1. The standard InChI is InChI=1S/C12H25N3O3S/c1-14-7-4-10(5-8-14)15(2)12(16)11(13)6-9-19(3,17)18/h10-11H,4-9,13H2,1-3H3. The van der Waals surface area contributed by atoms with Gasteiger partial charge in [-0.2, -0.15) is 0 Å². The third kappa shape index (κ3) is 5.46. The fourth-order valence-electron chi connectivity index (χ4n) is 2.29. The van der Waals surface area contributed by atoms with E-state index in [1.165, 1.54) is 0 Å². The number of amides is 1. The molecule has 0 aromatic rings. The van der Waals surface area contributed by atoms with Crippen molar-refractivity contribution in [3.05, 3.63) is 0 Å². The summed E-state index contributed by atoms with van der Waals surface area (Å²) in [5, 5.41) is 0. The zero-order valence-electron chi connectivity index (χ0n) is 12.0. The summed E-state index contributed by atoms with van der Waals surface area (Å²) in [6.45, 7) is 1.95. The maximum absolute atomic E-state index is 12.1. The molecule has 0 aromatic heterocycles. The van der Waals surface area contributed by atoms with Crippen molar-refractivity contribution in [1.29, 1.82) is 0 Å². The maximum Gasteiger partial charge on any atom is 0.239 e. The molecular weight excluding hydrogens is 266 g/mol. The molecule has 1 aliphatic rings. The summed E-state index contributed by atoms with van der Waals surface area (Å²) in [7, 11) is 0.760. The molecule has 0 bridgehead atoms. The summed E-state index contributed by atoms with van der Waals surface area (Å²) in [4.78, 5) is 16.1. The second-order valence-corrected chi connectivity index (χ2v) is 7.77. The topological polar surface area (TPSA) is 83.7 Å². The summed E-state index contributed by atoms with van der Waals surface area (Å²) >= 11 is 0. The molecule has 19 heavy (non-hydrogen) atoms. The van der Waals surface area contributed by atoms with Crippen LogP contribution in [0.2, 0.25) is 0 Å². The van der Waals surface area contributed by atoms with Gasteiger partial charge in [-0.3, -0.25) is 4.79 Å². The molecule has 0 saturated carbocycles. The Morgan fingerprint density at radius 1 is 1.42 bits per heavy atom. The number of piperidine rings is 1. The van der Waals surface area contributed by atoms with Crippen molar-refractivity contribution in [2.75, 3.05) is 39.2 Å². The van der Waals surface area contributed by atoms with Crippen molar-refractivity contribution in [1.82, 2.24) is 9.80 Å². The predicted octanol–water partition coefficient (Wildman–Crippen LogP) is -0.699. The molecule has 0 spiro atoms. The van der Waals surface area contributed by atoms with Gasteiger partial charge in [-0.25, -0.2) is 8.42 Å². The van der Waals surface area contributed by atoms with Crippen LogP contribution in [0.25, 0.3) is 0 Å². The number of nitrogens with zero attached hydrogens (tertiary/aromatic N) is 2. The van der Waals surface area contributed by atoms with Crippen LogP contribution in [-0.2, 0) is 14.6 Å². The number of likely N-dealkylation sites (tertiary alicyclic amines) is 1. The molecule has 0 aromatic carbocycles. The Kier molecular flexibility index (Phi) is 5.76. The average molecular weight is 291 g/mol. The minimum atomic E-state index is -3.07. The predicted molar refractivity (Wildman–Crippen MR) is 75.6 cm³/mol. The van der Waals surface area contributed by atoms with Crippen LogP contribution in [0.5, 0.6) is 0 Å². The summed E-state index contributed by atoms with van der Waals surface area (Å²) < 4.78 is 22.2. The van der Waals surface area contributed by atoms with Gasteiger partial charge in [0.1, 0.15) is 9.84 Å². The van der Waals surface area contributed by atoms with Crippen LogP contribution in [0.15, 0.2) is 0 Å². The van der Waals surface area contributed by atoms with Gasteiger partial charge < -0.3 is 15.5 Å². The van der Waals surface area contributed by atoms with Gasteiger partial charge >= 0.3 is 0 Å². The van der Waals surface area contributed by atoms with E-state index in [4.69, 9.17) is 5.73 Å². The van der Waals surface area contributed by atoms with E-state index < -0.39 is 15.9 Å². The number of hydrogen-bond donors (Lipinski definition) is 1. The molecule has 1 saturated heterocycles. The van der Waals surface area contributed by atoms with Gasteiger partial charge in [0.2, 0.25) is 5.91 Å². The highest BCUT2D eigenvalue weighted by atomic mass is 32.2. The fourth-order valence-corrected chi connectivity index (χ4v) is 2.97. The molecule has 1 amide bonds. The number of sulfone groups is 1. The van der Waals surface area contributed by atoms with Crippen molar-refractivity contribution < 1.29 is 13.2 Å². The van der Waals surface area contributed by atoms with E-state index in [2.05, 4.69) is 11.9 Å². The van der Waals surface area contributed by atoms with E-state index in [0.717, 1.165) is 32.2 Å². The molecule has 0 radical (unpaired) electrons. The lowest BCUT2D eigenvalue weighted by atomic mass is 10.0. The van der Waals surface area contributed by atoms with E-state index in [0.29, 0.717) is 0 Å². The molecule has 1 atom stereocenters. The van der Waals surface area contributed by atoms with E-state index in [-0.39, 0.29) is 24.1 Å². The first-order valence-corrected chi connectivity index (χ1v) is 8.65. The fraction of sp³-hybridized carbons (Fsp3) is 0.917. The first kappa shape index (κ1) is 16.4. The van der Waals surface area contributed by atoms with Gasteiger partial charge in [-0.1, -0.05) is 0 Å². The van der Waals surface area contributed by atoms with Crippen LogP contribution >= 0.6 is 0 Å². The van der Waals surface area contributed by atoms with Crippen molar-refractivity contribution in [3.8, 4) is 0 Å². The number of carbonyl (C=O) groups excluding carboxylic acids is 1. The number of hydrogen-bond acceptors (Lipinski definition) is 5. The van der Waals surface area contributed by atoms with Crippen LogP contribution in [0.3, 0.4) is 0 Å². The number of rotatable bonds is 5. The van der Waals surface area contributed by atoms with Gasteiger partial charge in [0.15, 0.2) is 0 Å². The molecule has 2 N–H and O–H groups in total. The lowest BCUT2D eigenvalue weighted by Crippen LogP contribution is -2.50. The third-order valence-corrected chi connectivity index (χ3v) is 4.68. The van der Waals surface area contributed by atoms with E-state index >= 15 is 0 Å². The number of carbonyl (C=O) groups is 1. The van der Waals surface area contributed by atoms with Crippen molar-refractivity contribution in [2.45, 2.75) is 31.3 Å². The van der Waals surface area contributed by atoms with Gasteiger partial charge in [0.25, 0.3) is 0 Å². The zero-order chi connectivity index (χ0) is 14.6. The molecular formula is C12H25N3O3S. The highest BCUT2D eigenvalue weighted by Crippen LogP contribution is 2.15. The lowest BCUT2D eigenvalue weighted by molar-refractivity contribution is -0.134. The van der Waals surface area contributed by atoms with Crippen LogP contribution in [0, 0.1) is 0 Å². The average Bonchev–Trinajstić information content (AvgIpc) is 2.34. The Bertz CT molecular complexity index is 402. The highest BCUT2D eigenvalue weighted by Gasteiger charge is 2.27. The summed E-state index contributed by atoms with van der Waals surface area (Å²) in [5.41, 5.74) is 5.79. The van der Waals surface area contributed by atoms with Gasteiger partial charge in [0, 0.05) is 19.3 Å².